The fourth-order valence-corrected chi connectivity index (χ4v) is 2.17. The molecule has 0 aromatic heterocycles. The van der Waals surface area contributed by atoms with Crippen LogP contribution in [0.4, 0.5) is 0 Å². The van der Waals surface area contributed by atoms with Crippen molar-refractivity contribution in [2.45, 2.75) is 57.8 Å². The van der Waals surface area contributed by atoms with Gasteiger partial charge in [-0.25, -0.2) is 0 Å². The van der Waals surface area contributed by atoms with E-state index in [2.05, 4.69) is 33.9 Å². The minimum absolute atomic E-state index is 0.0349. The van der Waals surface area contributed by atoms with Crippen LogP contribution in [0.15, 0.2) is 12.2 Å². The summed E-state index contributed by atoms with van der Waals surface area (Å²) in [6.45, 7) is 11.7. The molecule has 0 amide bonds. The van der Waals surface area contributed by atoms with Crippen molar-refractivity contribution >= 4 is 8.32 Å². The molecule has 0 aliphatic rings. The molecule has 0 rings (SSSR count). The van der Waals surface area contributed by atoms with Crippen LogP contribution in [0.25, 0.3) is 0 Å². The van der Waals surface area contributed by atoms with E-state index in [9.17, 15) is 5.11 Å². The first-order valence-electron chi connectivity index (χ1n) is 6.28. The van der Waals surface area contributed by atoms with Gasteiger partial charge in [-0.2, -0.15) is 0 Å². The summed E-state index contributed by atoms with van der Waals surface area (Å²) in [4.78, 5) is 0. The maximum atomic E-state index is 9.68. The van der Waals surface area contributed by atoms with Gasteiger partial charge in [-0.1, -0.05) is 32.9 Å². The van der Waals surface area contributed by atoms with E-state index < -0.39 is 8.32 Å². The van der Waals surface area contributed by atoms with Gasteiger partial charge in [-0.3, -0.25) is 0 Å². The molecule has 0 saturated heterocycles. The molecule has 0 unspecified atom stereocenters. The zero-order chi connectivity index (χ0) is 13.5. The van der Waals surface area contributed by atoms with Gasteiger partial charge >= 0.3 is 0 Å². The number of aliphatic hydroxyl groups is 2. The van der Waals surface area contributed by atoms with Crippen molar-refractivity contribution in [2.24, 2.45) is 0 Å². The largest absolute Gasteiger partial charge is 0.417 e. The van der Waals surface area contributed by atoms with Crippen molar-refractivity contribution < 1.29 is 14.6 Å². The maximum absolute atomic E-state index is 9.68. The van der Waals surface area contributed by atoms with Gasteiger partial charge in [0.25, 0.3) is 0 Å². The van der Waals surface area contributed by atoms with Crippen molar-refractivity contribution in [1.29, 1.82) is 0 Å². The smallest absolute Gasteiger partial charge is 0.191 e. The van der Waals surface area contributed by atoms with Gasteiger partial charge in [0.1, 0.15) is 0 Å². The summed E-state index contributed by atoms with van der Waals surface area (Å²) >= 11 is 0. The van der Waals surface area contributed by atoms with E-state index in [0.29, 0.717) is 19.4 Å². The number of aliphatic hydroxyl groups excluding tert-OH is 2. The molecule has 17 heavy (non-hydrogen) atoms. The summed E-state index contributed by atoms with van der Waals surface area (Å²) in [7, 11) is -1.68. The Kier molecular flexibility index (Phi) is 7.24. The van der Waals surface area contributed by atoms with Crippen molar-refractivity contribution in [3.05, 3.63) is 12.2 Å². The van der Waals surface area contributed by atoms with E-state index in [-0.39, 0.29) is 17.7 Å². The zero-order valence-corrected chi connectivity index (χ0v) is 12.9. The molecular weight excluding hydrogens is 232 g/mol. The molecule has 3 nitrogen and oxygen atoms in total. The lowest BCUT2D eigenvalue weighted by molar-refractivity contribution is 0.137. The second kappa shape index (κ2) is 7.31. The Bertz CT molecular complexity index is 231. The van der Waals surface area contributed by atoms with E-state index in [1.165, 1.54) is 0 Å². The van der Waals surface area contributed by atoms with E-state index in [4.69, 9.17) is 9.53 Å². The Labute approximate surface area is 107 Å². The Morgan fingerprint density at radius 3 is 2.29 bits per heavy atom. The average molecular weight is 260 g/mol. The molecule has 0 fully saturated rings. The molecule has 0 aromatic carbocycles. The molecule has 0 radical (unpaired) electrons. The molecule has 1 atom stereocenters. The minimum atomic E-state index is -1.68. The maximum Gasteiger partial charge on any atom is 0.191 e. The third-order valence-electron chi connectivity index (χ3n) is 3.40. The molecule has 2 N–H and O–H groups in total. The van der Waals surface area contributed by atoms with Gasteiger partial charge in [0.15, 0.2) is 8.32 Å². The molecule has 0 aromatic rings. The second-order valence-corrected chi connectivity index (χ2v) is 10.8. The SMILES string of the molecule is CC(C)(C)[Si](C)(C)OCC[C@H](O)C/C=C\CO. The van der Waals surface area contributed by atoms with Crippen LogP contribution in [0.3, 0.4) is 0 Å². The van der Waals surface area contributed by atoms with Gasteiger partial charge in [0.2, 0.25) is 0 Å². The van der Waals surface area contributed by atoms with Crippen LogP contribution < -0.4 is 0 Å². The molecule has 0 spiro atoms. The van der Waals surface area contributed by atoms with Crippen LogP contribution in [-0.4, -0.2) is 37.8 Å². The Morgan fingerprint density at radius 1 is 1.24 bits per heavy atom. The fourth-order valence-electron chi connectivity index (χ4n) is 1.11. The third kappa shape index (κ3) is 6.98. The average Bonchev–Trinajstić information content (AvgIpc) is 2.16. The van der Waals surface area contributed by atoms with Gasteiger partial charge in [0, 0.05) is 6.61 Å². The van der Waals surface area contributed by atoms with E-state index in [1.807, 2.05) is 0 Å². The van der Waals surface area contributed by atoms with E-state index in [1.54, 1.807) is 12.2 Å². The van der Waals surface area contributed by atoms with E-state index >= 15 is 0 Å². The predicted molar refractivity (Wildman–Crippen MR) is 74.6 cm³/mol. The highest BCUT2D eigenvalue weighted by atomic mass is 28.4. The molecular formula is C13H28O3Si. The second-order valence-electron chi connectivity index (χ2n) is 5.94. The summed E-state index contributed by atoms with van der Waals surface area (Å²) in [5.41, 5.74) is 0. The lowest BCUT2D eigenvalue weighted by Gasteiger charge is -2.36. The molecule has 102 valence electrons. The summed E-state index contributed by atoms with van der Waals surface area (Å²) < 4.78 is 5.98. The van der Waals surface area contributed by atoms with Crippen molar-refractivity contribution in [3.63, 3.8) is 0 Å². The third-order valence-corrected chi connectivity index (χ3v) is 7.94. The summed E-state index contributed by atoms with van der Waals surface area (Å²) in [6, 6.07) is 0. The molecule has 0 saturated carbocycles. The van der Waals surface area contributed by atoms with Crippen LogP contribution >= 0.6 is 0 Å². The van der Waals surface area contributed by atoms with Crippen LogP contribution in [-0.2, 0) is 4.43 Å². The van der Waals surface area contributed by atoms with Crippen molar-refractivity contribution in [3.8, 4) is 0 Å². The Morgan fingerprint density at radius 2 is 1.82 bits per heavy atom. The van der Waals surface area contributed by atoms with Gasteiger partial charge in [-0.15, -0.1) is 0 Å². The Hall–Kier alpha value is -0.163. The molecule has 4 heteroatoms. The van der Waals surface area contributed by atoms with Gasteiger partial charge in [0.05, 0.1) is 12.7 Å². The summed E-state index contributed by atoms with van der Waals surface area (Å²) in [5, 5.41) is 18.5. The topological polar surface area (TPSA) is 49.7 Å². The predicted octanol–water partition coefficient (Wildman–Crippen LogP) is 2.70. The molecule has 0 aliphatic heterocycles. The van der Waals surface area contributed by atoms with Crippen molar-refractivity contribution in [1.82, 2.24) is 0 Å². The lowest BCUT2D eigenvalue weighted by Crippen LogP contribution is -2.41. The van der Waals surface area contributed by atoms with Crippen LogP contribution in [0, 0.1) is 0 Å². The highest BCUT2D eigenvalue weighted by Crippen LogP contribution is 2.36. The standard InChI is InChI=1S/C13H28O3Si/c1-13(2,3)17(4,5)16-11-9-12(15)8-6-7-10-14/h6-7,12,14-15H,8-11H2,1-5H3/b7-6-/t12-/m1/s1. The summed E-state index contributed by atoms with van der Waals surface area (Å²) in [5.74, 6) is 0. The van der Waals surface area contributed by atoms with Crippen LogP contribution in [0.1, 0.15) is 33.6 Å². The highest BCUT2D eigenvalue weighted by Gasteiger charge is 2.36. The first-order valence-corrected chi connectivity index (χ1v) is 9.19. The minimum Gasteiger partial charge on any atom is -0.417 e. The normalized spacial score (nSPS) is 15.5. The van der Waals surface area contributed by atoms with Crippen molar-refractivity contribution in [2.75, 3.05) is 13.2 Å². The van der Waals surface area contributed by atoms with E-state index in [0.717, 1.165) is 0 Å². The molecule has 0 aliphatic carbocycles. The summed E-state index contributed by atoms with van der Waals surface area (Å²) in [6.07, 6.45) is 4.32. The zero-order valence-electron chi connectivity index (χ0n) is 11.9. The highest BCUT2D eigenvalue weighted by molar-refractivity contribution is 6.74. The van der Waals surface area contributed by atoms with Crippen LogP contribution in [0.2, 0.25) is 18.1 Å². The monoisotopic (exact) mass is 260 g/mol. The number of rotatable bonds is 7. The van der Waals surface area contributed by atoms with Gasteiger partial charge < -0.3 is 14.6 Å². The molecule has 0 heterocycles. The van der Waals surface area contributed by atoms with Gasteiger partial charge in [-0.05, 0) is 31.0 Å². The number of hydrogen-bond acceptors (Lipinski definition) is 3. The first-order chi connectivity index (χ1) is 7.70. The Balaban J connectivity index is 3.87. The van der Waals surface area contributed by atoms with Crippen LogP contribution in [0.5, 0.6) is 0 Å². The fraction of sp³-hybridized carbons (Fsp3) is 0.846. The quantitative estimate of drug-likeness (QED) is 0.546. The molecule has 0 bridgehead atoms. The lowest BCUT2D eigenvalue weighted by atomic mass is 10.2. The first kappa shape index (κ1) is 16.8. The number of hydrogen-bond donors (Lipinski definition) is 2.